The zero-order chi connectivity index (χ0) is 28.8. The molecule has 2 atom stereocenters. The summed E-state index contributed by atoms with van der Waals surface area (Å²) in [5.41, 5.74) is 2.51. The number of urea groups is 1. The lowest BCUT2D eigenvalue weighted by Crippen LogP contribution is -2.53. The number of carbonyl (C=O) groups excluding carboxylic acids is 2. The molecule has 3 aliphatic heterocycles. The van der Waals surface area contributed by atoms with Gasteiger partial charge >= 0.3 is 6.03 Å². The number of hydrogen-bond donors (Lipinski definition) is 1. The van der Waals surface area contributed by atoms with Gasteiger partial charge in [-0.1, -0.05) is 61.3 Å². The molecule has 5 rings (SSSR count). The van der Waals surface area contributed by atoms with Gasteiger partial charge in [-0.05, 0) is 72.3 Å². The van der Waals surface area contributed by atoms with E-state index in [1.54, 1.807) is 19.0 Å². The molecule has 3 heterocycles. The van der Waals surface area contributed by atoms with E-state index in [1.807, 2.05) is 53.4 Å². The van der Waals surface area contributed by atoms with Crippen LogP contribution < -0.4 is 5.32 Å². The average Bonchev–Trinajstić information content (AvgIpc) is 3.38. The summed E-state index contributed by atoms with van der Waals surface area (Å²) in [5.74, 6) is 0.427. The van der Waals surface area contributed by atoms with Gasteiger partial charge in [-0.15, -0.1) is 0 Å². The Morgan fingerprint density at radius 1 is 1.07 bits per heavy atom. The highest BCUT2D eigenvalue weighted by atomic mass is 35.5. The largest absolute Gasteiger partial charge is 0.352 e. The predicted octanol–water partition coefficient (Wildman–Crippen LogP) is 6.36. The minimum atomic E-state index is -0.594. The van der Waals surface area contributed by atoms with Gasteiger partial charge in [0.05, 0.1) is 10.9 Å². The SMILES string of the molecule is CC(C)C1=C(C(=O)NCCC2CN(C(=O)N(C)C)C2)SC2=NC(C)(c3ccc(Cl)cc3)C(c3ccc(Cl)cc3)N21. The Hall–Kier alpha value is -2.68. The smallest absolute Gasteiger partial charge is 0.319 e. The molecule has 40 heavy (non-hydrogen) atoms. The normalized spacial score (nSPS) is 22.4. The third-order valence-electron chi connectivity index (χ3n) is 7.83. The average molecular weight is 601 g/mol. The van der Waals surface area contributed by atoms with Gasteiger partial charge in [0.25, 0.3) is 5.91 Å². The lowest BCUT2D eigenvalue weighted by atomic mass is 9.81. The van der Waals surface area contributed by atoms with E-state index >= 15 is 0 Å². The van der Waals surface area contributed by atoms with E-state index in [4.69, 9.17) is 28.2 Å². The van der Waals surface area contributed by atoms with E-state index < -0.39 is 5.54 Å². The molecule has 1 fully saturated rings. The summed E-state index contributed by atoms with van der Waals surface area (Å²) in [5, 5.41) is 5.31. The van der Waals surface area contributed by atoms with Crippen LogP contribution in [0.3, 0.4) is 0 Å². The number of aliphatic imine (C=N–C) groups is 1. The zero-order valence-electron chi connectivity index (χ0n) is 23.4. The summed E-state index contributed by atoms with van der Waals surface area (Å²) in [6, 6.07) is 15.6. The van der Waals surface area contributed by atoms with Gasteiger partial charge in [0, 0.05) is 49.5 Å². The number of likely N-dealkylation sites (tertiary alicyclic amines) is 1. The predicted molar refractivity (Wildman–Crippen MR) is 163 cm³/mol. The standard InChI is InChI=1S/C30H35Cl2N5O2S/c1-18(2)24-25(27(38)33-15-14-19-16-36(17-19)29(39)35(4)5)40-28-34-30(3,21-8-12-23(32)13-9-21)26(37(24)28)20-6-10-22(31)11-7-20/h6-13,18-19,26H,14-17H2,1-5H3,(H,33,38). The van der Waals surface area contributed by atoms with Gasteiger partial charge in [0.2, 0.25) is 0 Å². The first-order valence-electron chi connectivity index (χ1n) is 13.6. The van der Waals surface area contributed by atoms with Crippen molar-refractivity contribution in [3.05, 3.63) is 80.3 Å². The summed E-state index contributed by atoms with van der Waals surface area (Å²) in [4.78, 5) is 37.2. The topological polar surface area (TPSA) is 68.2 Å². The number of carbonyl (C=O) groups is 2. The maximum Gasteiger partial charge on any atom is 0.319 e. The maximum atomic E-state index is 13.5. The molecule has 212 valence electrons. The molecule has 0 aromatic heterocycles. The molecule has 1 saturated heterocycles. The number of allylic oxidation sites excluding steroid dienone is 1. The Bertz CT molecular complexity index is 1350. The molecule has 10 heteroatoms. The fourth-order valence-corrected chi connectivity index (χ4v) is 7.31. The summed E-state index contributed by atoms with van der Waals surface area (Å²) in [6.07, 6.45) is 0.838. The van der Waals surface area contributed by atoms with E-state index in [2.05, 4.69) is 31.0 Å². The third kappa shape index (κ3) is 5.33. The Morgan fingerprint density at radius 3 is 2.25 bits per heavy atom. The van der Waals surface area contributed by atoms with Crippen molar-refractivity contribution in [2.45, 2.75) is 38.8 Å². The number of benzene rings is 2. The highest BCUT2D eigenvalue weighted by molar-refractivity contribution is 8.18. The van der Waals surface area contributed by atoms with Gasteiger partial charge in [-0.3, -0.25) is 4.79 Å². The highest BCUT2D eigenvalue weighted by Gasteiger charge is 2.53. The van der Waals surface area contributed by atoms with Crippen LogP contribution in [-0.4, -0.2) is 65.5 Å². The second-order valence-corrected chi connectivity index (χ2v) is 13.2. The second kappa shape index (κ2) is 11.3. The lowest BCUT2D eigenvalue weighted by molar-refractivity contribution is -0.117. The van der Waals surface area contributed by atoms with Gasteiger partial charge in [-0.2, -0.15) is 0 Å². The van der Waals surface area contributed by atoms with E-state index in [-0.39, 0.29) is 23.9 Å². The highest BCUT2D eigenvalue weighted by Crippen LogP contribution is 2.56. The number of rotatable bonds is 7. The molecule has 3 amide bonds. The van der Waals surface area contributed by atoms with Gasteiger partial charge in [0.15, 0.2) is 5.17 Å². The fraction of sp³-hybridized carbons (Fsp3) is 0.433. The quantitative estimate of drug-likeness (QED) is 0.402. The van der Waals surface area contributed by atoms with Crippen LogP contribution in [0.2, 0.25) is 10.0 Å². The van der Waals surface area contributed by atoms with Gasteiger partial charge in [-0.25, -0.2) is 9.79 Å². The zero-order valence-corrected chi connectivity index (χ0v) is 25.8. The Balaban J connectivity index is 1.38. The molecular weight excluding hydrogens is 565 g/mol. The fourth-order valence-electron chi connectivity index (χ4n) is 5.74. The minimum Gasteiger partial charge on any atom is -0.352 e. The number of amidine groups is 1. The van der Waals surface area contributed by atoms with Crippen LogP contribution in [0.15, 0.2) is 64.1 Å². The summed E-state index contributed by atoms with van der Waals surface area (Å²) in [7, 11) is 3.53. The molecule has 0 bridgehead atoms. The van der Waals surface area contributed by atoms with Crippen molar-refractivity contribution in [2.24, 2.45) is 16.8 Å². The second-order valence-electron chi connectivity index (χ2n) is 11.3. The molecule has 7 nitrogen and oxygen atoms in total. The molecular formula is C30H35Cl2N5O2S. The number of nitrogens with zero attached hydrogens (tertiary/aromatic N) is 4. The van der Waals surface area contributed by atoms with E-state index in [1.165, 1.54) is 11.8 Å². The number of halogens is 2. The van der Waals surface area contributed by atoms with Crippen LogP contribution in [0.25, 0.3) is 0 Å². The van der Waals surface area contributed by atoms with E-state index in [0.717, 1.165) is 41.5 Å². The molecule has 0 aliphatic carbocycles. The van der Waals surface area contributed by atoms with Gasteiger partial charge < -0.3 is 20.0 Å². The number of hydrogen-bond acceptors (Lipinski definition) is 5. The Morgan fingerprint density at radius 2 is 1.68 bits per heavy atom. The first-order chi connectivity index (χ1) is 19.0. The first kappa shape index (κ1) is 28.8. The van der Waals surface area contributed by atoms with E-state index in [9.17, 15) is 9.59 Å². The molecule has 0 saturated carbocycles. The van der Waals surface area contributed by atoms with Crippen LogP contribution in [0, 0.1) is 11.8 Å². The lowest BCUT2D eigenvalue weighted by Gasteiger charge is -2.40. The number of fused-ring (bicyclic) bond motifs is 1. The summed E-state index contributed by atoms with van der Waals surface area (Å²) in [6.45, 7) is 8.42. The van der Waals surface area contributed by atoms with Crippen molar-refractivity contribution < 1.29 is 9.59 Å². The van der Waals surface area contributed by atoms with Crippen LogP contribution in [0.4, 0.5) is 4.79 Å². The molecule has 1 N–H and O–H groups in total. The summed E-state index contributed by atoms with van der Waals surface area (Å²) < 4.78 is 0. The van der Waals surface area contributed by atoms with Crippen LogP contribution in [0.5, 0.6) is 0 Å². The van der Waals surface area contributed by atoms with Crippen molar-refractivity contribution in [3.8, 4) is 0 Å². The minimum absolute atomic E-state index is 0.0385. The third-order valence-corrected chi connectivity index (χ3v) is 9.40. The van der Waals surface area contributed by atoms with Crippen molar-refractivity contribution in [3.63, 3.8) is 0 Å². The summed E-state index contributed by atoms with van der Waals surface area (Å²) >= 11 is 13.9. The van der Waals surface area contributed by atoms with Crippen molar-refractivity contribution in [1.29, 1.82) is 0 Å². The molecule has 2 aromatic rings. The number of amides is 3. The van der Waals surface area contributed by atoms with E-state index in [0.29, 0.717) is 27.4 Å². The van der Waals surface area contributed by atoms with Crippen LogP contribution >= 0.6 is 35.0 Å². The van der Waals surface area contributed by atoms with Crippen molar-refractivity contribution in [2.75, 3.05) is 33.7 Å². The molecule has 2 unspecified atom stereocenters. The maximum absolute atomic E-state index is 13.5. The van der Waals surface area contributed by atoms with Crippen molar-refractivity contribution in [1.82, 2.24) is 20.0 Å². The molecule has 0 spiro atoms. The molecule has 2 aromatic carbocycles. The monoisotopic (exact) mass is 599 g/mol. The Labute approximate surface area is 250 Å². The molecule has 0 radical (unpaired) electrons. The van der Waals surface area contributed by atoms with Gasteiger partial charge in [0.1, 0.15) is 5.54 Å². The van der Waals surface area contributed by atoms with Crippen LogP contribution in [-0.2, 0) is 10.3 Å². The number of thioether (sulfide) groups is 1. The Kier molecular flexibility index (Phi) is 8.15. The van der Waals surface area contributed by atoms with Crippen LogP contribution in [0.1, 0.15) is 44.4 Å². The molecule has 3 aliphatic rings. The number of nitrogens with one attached hydrogen (secondary N) is 1. The van der Waals surface area contributed by atoms with Crippen molar-refractivity contribution >= 4 is 52.1 Å². The first-order valence-corrected chi connectivity index (χ1v) is 15.1.